The van der Waals surface area contributed by atoms with E-state index in [0.29, 0.717) is 28.6 Å². The van der Waals surface area contributed by atoms with Crippen LogP contribution in [-0.4, -0.2) is 50.7 Å². The Morgan fingerprint density at radius 1 is 1.13 bits per heavy atom. The maximum atomic E-state index is 13.1. The quantitative estimate of drug-likeness (QED) is 0.435. The zero-order valence-electron chi connectivity index (χ0n) is 17.5. The molecule has 2 aliphatic rings. The Hall–Kier alpha value is -2.39. The number of amides is 1. The molecule has 5 rings (SSSR count). The molecule has 31 heavy (non-hydrogen) atoms. The van der Waals surface area contributed by atoms with Crippen molar-refractivity contribution in [1.29, 1.82) is 0 Å². The third kappa shape index (κ3) is 3.96. The Kier molecular flexibility index (Phi) is 5.71. The van der Waals surface area contributed by atoms with Gasteiger partial charge in [-0.3, -0.25) is 14.2 Å². The molecule has 4 heterocycles. The number of carbonyl (C=O) groups is 1. The van der Waals surface area contributed by atoms with Crippen molar-refractivity contribution in [2.75, 3.05) is 30.3 Å². The zero-order chi connectivity index (χ0) is 21.4. The Morgan fingerprint density at radius 3 is 2.68 bits per heavy atom. The first kappa shape index (κ1) is 20.5. The number of nitrogens with zero attached hydrogens (tertiary/aromatic N) is 5. The van der Waals surface area contributed by atoms with E-state index in [-0.39, 0.29) is 17.2 Å². The lowest BCUT2D eigenvalue weighted by Gasteiger charge is -2.28. The molecule has 1 saturated heterocycles. The number of anilines is 1. The van der Waals surface area contributed by atoms with Crippen LogP contribution in [-0.2, 0) is 24.3 Å². The fourth-order valence-corrected chi connectivity index (χ4v) is 6.20. The lowest BCUT2D eigenvalue weighted by molar-refractivity contribution is -0.129. The van der Waals surface area contributed by atoms with Gasteiger partial charge in [-0.15, -0.1) is 0 Å². The van der Waals surface area contributed by atoms with Crippen LogP contribution in [0.15, 0.2) is 34.2 Å². The van der Waals surface area contributed by atoms with Crippen LogP contribution in [0.3, 0.4) is 0 Å². The molecule has 1 fully saturated rings. The largest absolute Gasteiger partial charge is 0.348 e. The third-order valence-corrected chi connectivity index (χ3v) is 8.03. The van der Waals surface area contributed by atoms with E-state index in [9.17, 15) is 9.59 Å². The highest BCUT2D eigenvalue weighted by Gasteiger charge is 2.23. The fraction of sp³-hybridized carbons (Fsp3) is 0.455. The Labute approximate surface area is 189 Å². The number of thiazole rings is 1. The predicted octanol–water partition coefficient (Wildman–Crippen LogP) is 3.15. The number of rotatable bonds is 5. The standard InChI is InChI=1S/C22H25N5O2S2/c1-2-27-20(29)18-19(23-21(31-18)25-10-5-6-11-25)24-22(27)30-14-17(28)26-12-9-15-7-3-4-8-16(15)13-26/h3-4,7-8H,2,5-6,9-14H2,1H3. The second-order valence-electron chi connectivity index (χ2n) is 7.91. The van der Waals surface area contributed by atoms with Crippen molar-refractivity contribution in [3.63, 3.8) is 0 Å². The van der Waals surface area contributed by atoms with Gasteiger partial charge in [-0.2, -0.15) is 4.98 Å². The summed E-state index contributed by atoms with van der Waals surface area (Å²) in [7, 11) is 0. The average Bonchev–Trinajstić information content (AvgIpc) is 3.47. The monoisotopic (exact) mass is 455 g/mol. The third-order valence-electron chi connectivity index (χ3n) is 5.97. The summed E-state index contributed by atoms with van der Waals surface area (Å²) in [6, 6.07) is 8.29. The molecule has 9 heteroatoms. The molecule has 1 amide bonds. The van der Waals surface area contributed by atoms with E-state index in [1.165, 1.54) is 34.2 Å². The minimum atomic E-state index is -0.0581. The summed E-state index contributed by atoms with van der Waals surface area (Å²) in [6.45, 7) is 5.80. The fourth-order valence-electron chi connectivity index (χ4n) is 4.24. The van der Waals surface area contributed by atoms with Crippen LogP contribution >= 0.6 is 23.1 Å². The smallest absolute Gasteiger partial charge is 0.273 e. The van der Waals surface area contributed by atoms with Crippen molar-refractivity contribution >= 4 is 44.5 Å². The van der Waals surface area contributed by atoms with Gasteiger partial charge in [0.15, 0.2) is 15.9 Å². The van der Waals surface area contributed by atoms with E-state index in [2.05, 4.69) is 27.0 Å². The molecule has 3 aromatic rings. The van der Waals surface area contributed by atoms with E-state index in [0.717, 1.165) is 44.0 Å². The molecule has 0 bridgehead atoms. The second kappa shape index (κ2) is 8.63. The van der Waals surface area contributed by atoms with Crippen LogP contribution < -0.4 is 10.5 Å². The van der Waals surface area contributed by atoms with Gasteiger partial charge >= 0.3 is 0 Å². The van der Waals surface area contributed by atoms with Gasteiger partial charge in [0.25, 0.3) is 5.56 Å². The van der Waals surface area contributed by atoms with E-state index in [1.807, 2.05) is 24.0 Å². The topological polar surface area (TPSA) is 71.3 Å². The molecule has 162 valence electrons. The normalized spacial score (nSPS) is 16.2. The molecule has 0 aliphatic carbocycles. The van der Waals surface area contributed by atoms with Gasteiger partial charge in [-0.25, -0.2) is 4.98 Å². The number of hydrogen-bond donors (Lipinski definition) is 0. The SMILES string of the molecule is CCn1c(SCC(=O)N2CCc3ccccc3C2)nc2nc(N3CCCC3)sc2c1=O. The van der Waals surface area contributed by atoms with E-state index < -0.39 is 0 Å². The van der Waals surface area contributed by atoms with Crippen LogP contribution in [0.1, 0.15) is 30.9 Å². The minimum Gasteiger partial charge on any atom is -0.348 e. The van der Waals surface area contributed by atoms with Crippen LogP contribution in [0.5, 0.6) is 0 Å². The molecule has 0 N–H and O–H groups in total. The van der Waals surface area contributed by atoms with Crippen LogP contribution in [0, 0.1) is 0 Å². The van der Waals surface area contributed by atoms with Crippen molar-refractivity contribution < 1.29 is 4.79 Å². The van der Waals surface area contributed by atoms with E-state index >= 15 is 0 Å². The lowest BCUT2D eigenvalue weighted by atomic mass is 10.00. The van der Waals surface area contributed by atoms with Gasteiger partial charge < -0.3 is 9.80 Å². The molecule has 0 saturated carbocycles. The summed E-state index contributed by atoms with van der Waals surface area (Å²) in [5.74, 6) is 0.344. The highest BCUT2D eigenvalue weighted by molar-refractivity contribution is 7.99. The van der Waals surface area contributed by atoms with E-state index in [4.69, 9.17) is 0 Å². The van der Waals surface area contributed by atoms with Gasteiger partial charge in [-0.1, -0.05) is 47.4 Å². The van der Waals surface area contributed by atoms with Crippen molar-refractivity contribution in [1.82, 2.24) is 19.4 Å². The van der Waals surface area contributed by atoms with Crippen molar-refractivity contribution in [2.45, 2.75) is 44.4 Å². The molecule has 1 aromatic carbocycles. The first-order valence-corrected chi connectivity index (χ1v) is 12.6. The summed E-state index contributed by atoms with van der Waals surface area (Å²) in [6.07, 6.45) is 3.20. The van der Waals surface area contributed by atoms with Gasteiger partial charge in [0.1, 0.15) is 4.70 Å². The molecule has 0 radical (unpaired) electrons. The molecule has 7 nitrogen and oxygen atoms in total. The summed E-state index contributed by atoms with van der Waals surface area (Å²) in [5, 5.41) is 1.45. The highest BCUT2D eigenvalue weighted by atomic mass is 32.2. The molecule has 0 atom stereocenters. The van der Waals surface area contributed by atoms with Gasteiger partial charge in [0.05, 0.1) is 5.75 Å². The van der Waals surface area contributed by atoms with E-state index in [1.54, 1.807) is 4.57 Å². The summed E-state index contributed by atoms with van der Waals surface area (Å²) < 4.78 is 2.27. The Bertz CT molecular complexity index is 1180. The van der Waals surface area contributed by atoms with Crippen LogP contribution in [0.25, 0.3) is 10.3 Å². The number of hydrogen-bond acceptors (Lipinski definition) is 7. The Morgan fingerprint density at radius 2 is 1.90 bits per heavy atom. The van der Waals surface area contributed by atoms with Gasteiger partial charge in [-0.05, 0) is 37.3 Å². The van der Waals surface area contributed by atoms with Gasteiger partial charge in [0.2, 0.25) is 5.91 Å². The molecule has 0 spiro atoms. The number of carbonyl (C=O) groups excluding carboxylic acids is 1. The molecule has 2 aliphatic heterocycles. The first-order chi connectivity index (χ1) is 15.1. The van der Waals surface area contributed by atoms with Crippen LogP contribution in [0.4, 0.5) is 5.13 Å². The maximum absolute atomic E-state index is 13.1. The maximum Gasteiger partial charge on any atom is 0.273 e. The van der Waals surface area contributed by atoms with Crippen LogP contribution in [0.2, 0.25) is 0 Å². The minimum absolute atomic E-state index is 0.0581. The summed E-state index contributed by atoms with van der Waals surface area (Å²) >= 11 is 2.77. The predicted molar refractivity (Wildman–Crippen MR) is 125 cm³/mol. The number of thioether (sulfide) groups is 1. The number of fused-ring (bicyclic) bond motifs is 2. The molecule has 0 unspecified atom stereocenters. The van der Waals surface area contributed by atoms with Crippen molar-refractivity contribution in [3.8, 4) is 0 Å². The lowest BCUT2D eigenvalue weighted by Crippen LogP contribution is -2.37. The molecule has 2 aromatic heterocycles. The van der Waals surface area contributed by atoms with Crippen molar-refractivity contribution in [2.24, 2.45) is 0 Å². The average molecular weight is 456 g/mol. The van der Waals surface area contributed by atoms with Crippen molar-refractivity contribution in [3.05, 3.63) is 45.7 Å². The summed E-state index contributed by atoms with van der Waals surface area (Å²) in [5.41, 5.74) is 2.98. The summed E-state index contributed by atoms with van der Waals surface area (Å²) in [4.78, 5) is 39.4. The molecular formula is C22H25N5O2S2. The number of benzene rings is 1. The zero-order valence-corrected chi connectivity index (χ0v) is 19.2. The second-order valence-corrected chi connectivity index (χ2v) is 9.83. The van der Waals surface area contributed by atoms with Gasteiger partial charge in [0, 0.05) is 32.7 Å². The number of aromatic nitrogens is 3. The molecular weight excluding hydrogens is 430 g/mol. The highest BCUT2D eigenvalue weighted by Crippen LogP contribution is 2.29. The first-order valence-electron chi connectivity index (χ1n) is 10.8. The Balaban J connectivity index is 1.35.